The molecule has 60 valence electrons. The van der Waals surface area contributed by atoms with E-state index in [9.17, 15) is 0 Å². The van der Waals surface area contributed by atoms with Crippen LogP contribution in [0.3, 0.4) is 0 Å². The molecular formula is C5H10O4S. The van der Waals surface area contributed by atoms with Gasteiger partial charge in [0.25, 0.3) is 0 Å². The fraction of sp³-hybridized carbons (Fsp3) is 1.00. The summed E-state index contributed by atoms with van der Waals surface area (Å²) in [6.07, 6.45) is -3.53. The fourth-order valence-electron chi connectivity index (χ4n) is 0.791. The lowest BCUT2D eigenvalue weighted by Crippen LogP contribution is -2.50. The molecule has 0 spiro atoms. The first-order valence-electron chi connectivity index (χ1n) is 2.97. The molecule has 10 heavy (non-hydrogen) atoms. The van der Waals surface area contributed by atoms with E-state index < -0.39 is 23.7 Å². The number of ether oxygens (including phenoxy) is 1. The molecule has 0 bridgehead atoms. The lowest BCUT2D eigenvalue weighted by molar-refractivity contribution is -0.216. The van der Waals surface area contributed by atoms with Crippen molar-refractivity contribution in [3.63, 3.8) is 0 Å². The van der Waals surface area contributed by atoms with Crippen LogP contribution < -0.4 is 0 Å². The van der Waals surface area contributed by atoms with Crippen LogP contribution in [0.4, 0.5) is 0 Å². The van der Waals surface area contributed by atoms with Gasteiger partial charge >= 0.3 is 0 Å². The molecule has 4 nitrogen and oxygen atoms in total. The maximum absolute atomic E-state index is 9.05. The maximum Gasteiger partial charge on any atom is 0.183 e. The highest BCUT2D eigenvalue weighted by Gasteiger charge is 2.35. The van der Waals surface area contributed by atoms with Crippen LogP contribution in [0, 0.1) is 0 Å². The molecule has 0 aromatic heterocycles. The predicted molar refractivity (Wildman–Crippen MR) is 36.7 cm³/mol. The maximum atomic E-state index is 9.05. The Labute approximate surface area is 63.8 Å². The second-order valence-electron chi connectivity index (χ2n) is 2.27. The molecule has 3 N–H and O–H groups in total. The Morgan fingerprint density at radius 1 is 1.20 bits per heavy atom. The van der Waals surface area contributed by atoms with Crippen molar-refractivity contribution in [2.75, 3.05) is 6.61 Å². The van der Waals surface area contributed by atoms with E-state index in [1.807, 2.05) is 0 Å². The van der Waals surface area contributed by atoms with Gasteiger partial charge in [-0.3, -0.25) is 0 Å². The molecule has 0 amide bonds. The van der Waals surface area contributed by atoms with Crippen LogP contribution in [0.25, 0.3) is 0 Å². The highest BCUT2D eigenvalue weighted by Crippen LogP contribution is 2.16. The third-order valence-electron chi connectivity index (χ3n) is 1.47. The average molecular weight is 166 g/mol. The largest absolute Gasteiger partial charge is 0.389 e. The lowest BCUT2D eigenvalue weighted by atomic mass is 10.1. The summed E-state index contributed by atoms with van der Waals surface area (Å²) < 4.78 is 4.64. The Morgan fingerprint density at radius 2 is 1.80 bits per heavy atom. The molecule has 1 unspecified atom stereocenters. The van der Waals surface area contributed by atoms with Gasteiger partial charge in [-0.15, -0.1) is 0 Å². The summed E-state index contributed by atoms with van der Waals surface area (Å²) in [5, 5.41) is 26.4. The molecule has 0 aliphatic carbocycles. The molecule has 1 aliphatic rings. The molecule has 1 aliphatic heterocycles. The van der Waals surface area contributed by atoms with Crippen molar-refractivity contribution in [2.24, 2.45) is 0 Å². The topological polar surface area (TPSA) is 69.9 Å². The van der Waals surface area contributed by atoms with Crippen LogP contribution in [0.5, 0.6) is 0 Å². The minimum absolute atomic E-state index is 0.155. The van der Waals surface area contributed by atoms with Gasteiger partial charge in [0.15, 0.2) is 6.29 Å². The van der Waals surface area contributed by atoms with Gasteiger partial charge in [0.2, 0.25) is 0 Å². The van der Waals surface area contributed by atoms with Crippen molar-refractivity contribution in [1.82, 2.24) is 0 Å². The van der Waals surface area contributed by atoms with Gasteiger partial charge in [0.1, 0.15) is 6.10 Å². The SMILES string of the molecule is OC1[C@@H](O)[C@H](S)CO[C@@H]1O. The van der Waals surface area contributed by atoms with E-state index in [2.05, 4.69) is 17.4 Å². The van der Waals surface area contributed by atoms with E-state index in [1.165, 1.54) is 0 Å². The molecule has 0 radical (unpaired) electrons. The van der Waals surface area contributed by atoms with Crippen LogP contribution in [-0.4, -0.2) is 45.7 Å². The Morgan fingerprint density at radius 3 is 2.30 bits per heavy atom. The van der Waals surface area contributed by atoms with Gasteiger partial charge in [-0.05, 0) is 0 Å². The van der Waals surface area contributed by atoms with Crippen LogP contribution in [0.2, 0.25) is 0 Å². The van der Waals surface area contributed by atoms with Crippen LogP contribution in [0.15, 0.2) is 0 Å². The van der Waals surface area contributed by atoms with Gasteiger partial charge in [-0.25, -0.2) is 0 Å². The second kappa shape index (κ2) is 3.06. The summed E-state index contributed by atoms with van der Waals surface area (Å²) in [6.45, 7) is 0.155. The van der Waals surface area contributed by atoms with E-state index in [-0.39, 0.29) is 6.61 Å². The van der Waals surface area contributed by atoms with Crippen molar-refractivity contribution in [3.05, 3.63) is 0 Å². The van der Waals surface area contributed by atoms with E-state index >= 15 is 0 Å². The zero-order valence-electron chi connectivity index (χ0n) is 5.21. The molecule has 0 aromatic rings. The van der Waals surface area contributed by atoms with E-state index in [0.717, 1.165) is 0 Å². The fourth-order valence-corrected chi connectivity index (χ4v) is 1.05. The van der Waals surface area contributed by atoms with Crippen molar-refractivity contribution < 1.29 is 20.1 Å². The first-order valence-corrected chi connectivity index (χ1v) is 3.48. The van der Waals surface area contributed by atoms with Crippen LogP contribution in [0.1, 0.15) is 0 Å². The molecule has 1 fully saturated rings. The zero-order valence-corrected chi connectivity index (χ0v) is 6.11. The highest BCUT2D eigenvalue weighted by molar-refractivity contribution is 7.81. The molecule has 1 rings (SSSR count). The Bertz CT molecular complexity index is 106. The van der Waals surface area contributed by atoms with Gasteiger partial charge in [-0.2, -0.15) is 12.6 Å². The van der Waals surface area contributed by atoms with Gasteiger partial charge < -0.3 is 20.1 Å². The average Bonchev–Trinajstić information content (AvgIpc) is 1.93. The summed E-state index contributed by atoms with van der Waals surface area (Å²) in [6, 6.07) is 0. The minimum Gasteiger partial charge on any atom is -0.389 e. The summed E-state index contributed by atoms with van der Waals surface area (Å²) >= 11 is 3.91. The molecule has 0 saturated carbocycles. The lowest BCUT2D eigenvalue weighted by Gasteiger charge is -2.32. The monoisotopic (exact) mass is 166 g/mol. The van der Waals surface area contributed by atoms with Gasteiger partial charge in [0.05, 0.1) is 18.0 Å². The smallest absolute Gasteiger partial charge is 0.183 e. The minimum atomic E-state index is -1.28. The normalized spacial score (nSPS) is 49.2. The molecule has 4 atom stereocenters. The van der Waals surface area contributed by atoms with Crippen molar-refractivity contribution in [1.29, 1.82) is 0 Å². The number of aliphatic hydroxyl groups excluding tert-OH is 3. The molecule has 1 heterocycles. The summed E-state index contributed by atoms with van der Waals surface area (Å²) in [5.74, 6) is 0. The summed E-state index contributed by atoms with van der Waals surface area (Å²) in [5.41, 5.74) is 0. The van der Waals surface area contributed by atoms with E-state index in [0.29, 0.717) is 0 Å². The number of hydrogen-bond acceptors (Lipinski definition) is 5. The van der Waals surface area contributed by atoms with Crippen LogP contribution in [-0.2, 0) is 4.74 Å². The highest BCUT2D eigenvalue weighted by atomic mass is 32.1. The standard InChI is InChI=1S/C5H10O4S/c6-3-2(10)1-9-5(8)4(3)7/h2-8,10H,1H2/t2-,3+,4?,5+/m1/s1. The van der Waals surface area contributed by atoms with Crippen LogP contribution >= 0.6 is 12.6 Å². The van der Waals surface area contributed by atoms with Crippen molar-refractivity contribution in [3.8, 4) is 0 Å². The first kappa shape index (κ1) is 8.29. The molecule has 1 saturated heterocycles. The Kier molecular flexibility index (Phi) is 2.54. The molecule has 5 heteroatoms. The third kappa shape index (κ3) is 1.43. The second-order valence-corrected chi connectivity index (χ2v) is 2.94. The Balaban J connectivity index is 2.52. The number of rotatable bonds is 0. The van der Waals surface area contributed by atoms with Gasteiger partial charge in [0, 0.05) is 0 Å². The first-order chi connectivity index (χ1) is 4.63. The van der Waals surface area contributed by atoms with E-state index in [4.69, 9.17) is 15.3 Å². The number of thiol groups is 1. The molecule has 0 aromatic carbocycles. The quantitative estimate of drug-likeness (QED) is 0.326. The van der Waals surface area contributed by atoms with Crippen molar-refractivity contribution >= 4 is 12.6 Å². The summed E-state index contributed by atoms with van der Waals surface area (Å²) in [7, 11) is 0. The van der Waals surface area contributed by atoms with Crippen molar-refractivity contribution in [2.45, 2.75) is 23.7 Å². The number of aliphatic hydroxyl groups is 3. The number of hydrogen-bond donors (Lipinski definition) is 4. The summed E-state index contributed by atoms with van der Waals surface area (Å²) in [4.78, 5) is 0. The van der Waals surface area contributed by atoms with E-state index in [1.54, 1.807) is 0 Å². The Hall–Kier alpha value is 0.190. The zero-order chi connectivity index (χ0) is 7.72. The predicted octanol–water partition coefficient (Wildman–Crippen LogP) is -1.64. The third-order valence-corrected chi connectivity index (χ3v) is 1.93. The molecular weight excluding hydrogens is 156 g/mol. The van der Waals surface area contributed by atoms with Gasteiger partial charge in [-0.1, -0.05) is 0 Å².